The molecule has 0 radical (unpaired) electrons. The van der Waals surface area contributed by atoms with Crippen molar-refractivity contribution >= 4 is 12.6 Å². The average molecular weight is 1140 g/mol. The fourth-order valence-electron chi connectivity index (χ4n) is 11.5. The van der Waals surface area contributed by atoms with E-state index < -0.39 is 0 Å². The second kappa shape index (κ2) is 78.1. The maximum absolute atomic E-state index is 10.4. The first-order chi connectivity index (χ1) is 39.5. The van der Waals surface area contributed by atoms with Crippen LogP contribution in [0.3, 0.4) is 0 Å². The number of nitrogens with zero attached hydrogens (tertiary/aromatic N) is 2. The number of rotatable bonds is 67. The monoisotopic (exact) mass is 1140 g/mol. The van der Waals surface area contributed by atoms with Crippen LogP contribution in [0, 0.1) is 11.8 Å². The lowest BCUT2D eigenvalue weighted by atomic mass is 9.94. The molecular formula is C72H150N4O4. The van der Waals surface area contributed by atoms with Crippen molar-refractivity contribution in [1.82, 2.24) is 9.80 Å². The van der Waals surface area contributed by atoms with Crippen molar-refractivity contribution in [2.24, 2.45) is 23.3 Å². The quantitative estimate of drug-likeness (QED) is 0.0458. The molecule has 482 valence electrons. The van der Waals surface area contributed by atoms with Crippen LogP contribution in [0.2, 0.25) is 0 Å². The highest BCUT2D eigenvalue weighted by atomic mass is 16.5. The van der Waals surface area contributed by atoms with E-state index in [-0.39, 0.29) is 0 Å². The molecule has 2 unspecified atom stereocenters. The molecule has 0 aliphatic rings. The van der Waals surface area contributed by atoms with Crippen LogP contribution >= 0.6 is 0 Å². The van der Waals surface area contributed by atoms with E-state index in [0.29, 0.717) is 12.8 Å². The predicted octanol–water partition coefficient (Wildman–Crippen LogP) is 20.8. The number of unbranched alkanes of at least 4 members (excludes halogenated alkanes) is 39. The Labute approximate surface area is 503 Å². The minimum atomic E-state index is 0.691. The van der Waals surface area contributed by atoms with Crippen LogP contribution in [0.15, 0.2) is 0 Å². The Morgan fingerprint density at radius 2 is 0.487 bits per heavy atom. The van der Waals surface area contributed by atoms with Gasteiger partial charge in [-0.15, -0.1) is 0 Å². The van der Waals surface area contributed by atoms with Gasteiger partial charge in [0, 0.05) is 40.3 Å². The van der Waals surface area contributed by atoms with Gasteiger partial charge in [-0.3, -0.25) is 0 Å². The molecule has 0 rings (SSSR count). The molecule has 0 saturated heterocycles. The van der Waals surface area contributed by atoms with Gasteiger partial charge in [0.2, 0.25) is 0 Å². The van der Waals surface area contributed by atoms with Gasteiger partial charge in [0.15, 0.2) is 0 Å². The molecule has 2 atom stereocenters. The van der Waals surface area contributed by atoms with Gasteiger partial charge in [0.05, 0.1) is 0 Å². The number of hydrogen-bond acceptors (Lipinski definition) is 8. The molecule has 80 heavy (non-hydrogen) atoms. The summed E-state index contributed by atoms with van der Waals surface area (Å²) in [5.74, 6) is 1.63. The van der Waals surface area contributed by atoms with Crippen LogP contribution in [0.4, 0.5) is 0 Å². The van der Waals surface area contributed by atoms with Gasteiger partial charge >= 0.3 is 0 Å². The second-order valence-corrected chi connectivity index (χ2v) is 24.8. The van der Waals surface area contributed by atoms with Crippen molar-refractivity contribution in [2.75, 3.05) is 79.8 Å². The molecule has 0 saturated carbocycles. The number of carbonyl (C=O) groups is 2. The molecule has 8 nitrogen and oxygen atoms in total. The summed E-state index contributed by atoms with van der Waals surface area (Å²) in [4.78, 5) is 25.9. The molecule has 8 heteroatoms. The summed E-state index contributed by atoms with van der Waals surface area (Å²) < 4.78 is 10.9. The Balaban J connectivity index is -0.00000111. The lowest BCUT2D eigenvalue weighted by Crippen LogP contribution is -2.31. The van der Waals surface area contributed by atoms with E-state index in [1.54, 1.807) is 0 Å². The third-order valence-electron chi connectivity index (χ3n) is 16.8. The van der Waals surface area contributed by atoms with Crippen molar-refractivity contribution in [3.8, 4) is 0 Å². The molecule has 0 bridgehead atoms. The smallest absolute Gasteiger partial charge is 0.119 e. The normalized spacial score (nSPS) is 12.2. The summed E-state index contributed by atoms with van der Waals surface area (Å²) in [7, 11) is 3.75. The zero-order valence-corrected chi connectivity index (χ0v) is 55.8. The zero-order chi connectivity index (χ0) is 59.0. The second-order valence-electron chi connectivity index (χ2n) is 24.8. The van der Waals surface area contributed by atoms with Gasteiger partial charge in [-0.2, -0.15) is 0 Å². The molecule has 0 fully saturated rings. The van der Waals surface area contributed by atoms with Crippen LogP contribution in [0.1, 0.15) is 362 Å². The predicted molar refractivity (Wildman–Crippen MR) is 357 cm³/mol. The first-order valence-electron chi connectivity index (χ1n) is 36.2. The molecule has 0 aromatic heterocycles. The van der Waals surface area contributed by atoms with E-state index in [4.69, 9.17) is 20.9 Å². The molecular weight excluding hydrogens is 985 g/mol. The van der Waals surface area contributed by atoms with Crippen LogP contribution in [-0.4, -0.2) is 102 Å². The molecule has 0 aliphatic heterocycles. The minimum Gasteiger partial charge on any atom is -0.384 e. The molecule has 0 aromatic carbocycles. The van der Waals surface area contributed by atoms with E-state index in [1.165, 1.54) is 283 Å². The Morgan fingerprint density at radius 1 is 0.287 bits per heavy atom. The highest BCUT2D eigenvalue weighted by molar-refractivity contribution is 5.49. The maximum Gasteiger partial charge on any atom is 0.119 e. The number of nitrogens with two attached hydrogens (primary N) is 2. The lowest BCUT2D eigenvalue weighted by Gasteiger charge is -2.24. The summed E-state index contributed by atoms with van der Waals surface area (Å²) in [6.07, 6.45) is 71.8. The molecule has 0 aliphatic carbocycles. The van der Waals surface area contributed by atoms with Gasteiger partial charge in [-0.1, -0.05) is 272 Å². The standard InChI is InChI=1S/2C25H52O.C22H46N4O2/c2*1-4-6-8-10-12-14-15-17-19-21-23-25(24-26-3)22-20-18-16-13-11-9-7-5-2;23-13-11-19-25(15-5-1-3-9-21-27)17-7-8-18-26(20-12-14-24)16-6-2-4-10-22-28/h2*25H,4-24H2,1-3H3;21-22H,1-20,23-24H2. The van der Waals surface area contributed by atoms with E-state index in [0.717, 1.165) is 129 Å². The SMILES string of the molecule is CCCCCCCCCCCCC(CCCCCCCCCC)COC.CCCCCCCCCCCCC(CCCCCCCCCC)COC.NCCCN(CCCCCC=O)CCCCN(CCCN)CCCCCC=O. The largest absolute Gasteiger partial charge is 0.384 e. The first-order valence-corrected chi connectivity index (χ1v) is 36.2. The third-order valence-corrected chi connectivity index (χ3v) is 16.8. The third kappa shape index (κ3) is 73.2. The Kier molecular flexibility index (Phi) is 81.3. The maximum atomic E-state index is 10.4. The van der Waals surface area contributed by atoms with E-state index in [9.17, 15) is 9.59 Å². The summed E-state index contributed by atoms with van der Waals surface area (Å²) in [5.41, 5.74) is 11.4. The van der Waals surface area contributed by atoms with Crippen molar-refractivity contribution in [1.29, 1.82) is 0 Å². The van der Waals surface area contributed by atoms with Gasteiger partial charge in [0.1, 0.15) is 12.6 Å². The number of methoxy groups -OCH3 is 2. The van der Waals surface area contributed by atoms with Crippen LogP contribution in [-0.2, 0) is 19.1 Å². The number of hydrogen-bond donors (Lipinski definition) is 2. The molecule has 0 aromatic rings. The summed E-state index contributed by atoms with van der Waals surface area (Å²) >= 11 is 0. The van der Waals surface area contributed by atoms with Crippen LogP contribution in [0.5, 0.6) is 0 Å². The highest BCUT2D eigenvalue weighted by Gasteiger charge is 2.11. The average Bonchev–Trinajstić information content (AvgIpc) is 3.46. The Morgan fingerprint density at radius 3 is 0.700 bits per heavy atom. The van der Waals surface area contributed by atoms with Crippen LogP contribution < -0.4 is 11.5 Å². The Bertz CT molecular complexity index is 1000. The fraction of sp³-hybridized carbons (Fsp3) is 0.972. The van der Waals surface area contributed by atoms with Crippen molar-refractivity contribution in [2.45, 2.75) is 362 Å². The fourth-order valence-corrected chi connectivity index (χ4v) is 11.5. The van der Waals surface area contributed by atoms with Gasteiger partial charge in [-0.05, 0) is 141 Å². The van der Waals surface area contributed by atoms with Gasteiger partial charge in [0.25, 0.3) is 0 Å². The molecule has 0 spiro atoms. The topological polar surface area (TPSA) is 111 Å². The van der Waals surface area contributed by atoms with Crippen molar-refractivity contribution < 1.29 is 19.1 Å². The van der Waals surface area contributed by atoms with Gasteiger partial charge < -0.3 is 40.3 Å². The minimum absolute atomic E-state index is 0.691. The molecule has 0 amide bonds. The summed E-state index contributed by atoms with van der Waals surface area (Å²) in [6.45, 7) is 19.3. The molecule has 4 N–H and O–H groups in total. The molecule has 0 heterocycles. The number of ether oxygens (including phenoxy) is 2. The number of carbonyl (C=O) groups excluding carboxylic acids is 2. The zero-order valence-electron chi connectivity index (χ0n) is 55.8. The summed E-state index contributed by atoms with van der Waals surface area (Å²) in [5, 5.41) is 0. The number of aldehydes is 2. The van der Waals surface area contributed by atoms with E-state index in [2.05, 4.69) is 37.5 Å². The Hall–Kier alpha value is -0.900. The highest BCUT2D eigenvalue weighted by Crippen LogP contribution is 2.22. The van der Waals surface area contributed by atoms with Crippen LogP contribution in [0.25, 0.3) is 0 Å². The van der Waals surface area contributed by atoms with Gasteiger partial charge in [-0.25, -0.2) is 0 Å². The lowest BCUT2D eigenvalue weighted by molar-refractivity contribution is -0.108. The van der Waals surface area contributed by atoms with Crippen molar-refractivity contribution in [3.05, 3.63) is 0 Å². The van der Waals surface area contributed by atoms with E-state index >= 15 is 0 Å². The van der Waals surface area contributed by atoms with Crippen molar-refractivity contribution in [3.63, 3.8) is 0 Å². The van der Waals surface area contributed by atoms with E-state index in [1.807, 2.05) is 14.2 Å². The first kappa shape index (κ1) is 83.3. The summed E-state index contributed by atoms with van der Waals surface area (Å²) in [6, 6.07) is 0.